The van der Waals surface area contributed by atoms with Gasteiger partial charge in [-0.05, 0) is 24.6 Å². The summed E-state index contributed by atoms with van der Waals surface area (Å²) >= 11 is 18.2. The van der Waals surface area contributed by atoms with E-state index < -0.39 is 8.07 Å². The minimum Gasteiger partial charge on any atom is -0.412 e. The number of fused-ring (bicyclic) bond motifs is 1. The highest BCUT2D eigenvalue weighted by atomic mass is 35.5. The molecule has 0 N–H and O–H groups in total. The Bertz CT molecular complexity index is 652. The number of hydrogen-bond donors (Lipinski definition) is 0. The van der Waals surface area contributed by atoms with Gasteiger partial charge in [0.1, 0.15) is 11.8 Å². The van der Waals surface area contributed by atoms with Crippen LogP contribution >= 0.6 is 34.8 Å². The van der Waals surface area contributed by atoms with E-state index in [1.54, 1.807) is 4.73 Å². The van der Waals surface area contributed by atoms with Crippen LogP contribution in [0, 0.1) is 6.92 Å². The Balaban J connectivity index is 2.40. The van der Waals surface area contributed by atoms with E-state index in [-0.39, 0.29) is 10.4 Å². The van der Waals surface area contributed by atoms with Crippen molar-refractivity contribution in [3.8, 4) is 0 Å². The largest absolute Gasteiger partial charge is 0.412 e. The quantitative estimate of drug-likeness (QED) is 0.463. The van der Waals surface area contributed by atoms with Crippen LogP contribution < -0.4 is 4.84 Å². The van der Waals surface area contributed by atoms with Crippen molar-refractivity contribution in [3.05, 3.63) is 21.2 Å². The molecule has 110 valence electrons. The van der Waals surface area contributed by atoms with E-state index >= 15 is 0 Å². The van der Waals surface area contributed by atoms with Gasteiger partial charge in [-0.1, -0.05) is 42.8 Å². The minimum absolute atomic E-state index is 0.0757. The normalized spacial score (nSPS) is 12.2. The molecule has 2 rings (SSSR count). The summed E-state index contributed by atoms with van der Waals surface area (Å²) in [5.41, 5.74) is 1.25. The van der Waals surface area contributed by atoms with Gasteiger partial charge in [0.25, 0.3) is 0 Å². The number of hydrogen-bond acceptors (Lipinski definition) is 3. The second kappa shape index (κ2) is 5.71. The highest BCUT2D eigenvalue weighted by Crippen LogP contribution is 2.33. The van der Waals surface area contributed by atoms with Crippen molar-refractivity contribution in [2.45, 2.75) is 32.6 Å². The molecule has 20 heavy (non-hydrogen) atoms. The van der Waals surface area contributed by atoms with Crippen molar-refractivity contribution in [1.29, 1.82) is 0 Å². The molecule has 0 unspecified atom stereocenters. The van der Waals surface area contributed by atoms with E-state index in [1.807, 2.05) is 6.92 Å². The zero-order valence-electron chi connectivity index (χ0n) is 11.8. The monoisotopic (exact) mass is 351 g/mol. The van der Waals surface area contributed by atoms with Crippen LogP contribution in [-0.4, -0.2) is 29.4 Å². The molecule has 0 atom stereocenters. The molecule has 0 saturated heterocycles. The molecule has 4 nitrogen and oxygen atoms in total. The minimum atomic E-state index is -1.17. The highest BCUT2D eigenvalue weighted by Gasteiger charge is 2.20. The maximum absolute atomic E-state index is 6.27. The highest BCUT2D eigenvalue weighted by molar-refractivity contribution is 6.76. The summed E-state index contributed by atoms with van der Waals surface area (Å²) in [5, 5.41) is 1.38. The predicted octanol–water partition coefficient (Wildman–Crippen LogP) is 4.47. The maximum Gasteiger partial charge on any atom is 0.225 e. The first-order valence-electron chi connectivity index (χ1n) is 6.23. The van der Waals surface area contributed by atoms with Crippen LogP contribution in [0.1, 0.15) is 5.69 Å². The summed E-state index contributed by atoms with van der Waals surface area (Å²) in [6.07, 6.45) is 0. The molecule has 0 bridgehead atoms. The van der Waals surface area contributed by atoms with E-state index in [0.29, 0.717) is 22.7 Å². The molecule has 0 aliphatic rings. The molecule has 8 heteroatoms. The van der Waals surface area contributed by atoms with Gasteiger partial charge in [-0.15, -0.1) is 0 Å². The van der Waals surface area contributed by atoms with Crippen molar-refractivity contribution in [2.24, 2.45) is 0 Å². The molecule has 0 spiro atoms. The van der Waals surface area contributed by atoms with Gasteiger partial charge in [-0.25, -0.2) is 4.98 Å². The number of halogens is 3. The molecule has 0 aliphatic heterocycles. The van der Waals surface area contributed by atoms with Gasteiger partial charge in [-0.2, -0.15) is 9.71 Å². The second-order valence-electron chi connectivity index (χ2n) is 5.82. The molecule has 2 aromatic heterocycles. The van der Waals surface area contributed by atoms with Gasteiger partial charge in [-0.3, -0.25) is 0 Å². The van der Waals surface area contributed by atoms with E-state index in [2.05, 4.69) is 29.6 Å². The number of nitrogens with zero attached hydrogens (tertiary/aromatic N) is 3. The van der Waals surface area contributed by atoms with Gasteiger partial charge in [0.15, 0.2) is 5.65 Å². The Morgan fingerprint density at radius 2 is 1.80 bits per heavy atom. The van der Waals surface area contributed by atoms with Crippen LogP contribution in [0.2, 0.25) is 41.1 Å². The summed E-state index contributed by atoms with van der Waals surface area (Å²) in [6, 6.07) is 1.04. The first-order chi connectivity index (χ1) is 9.20. The zero-order chi connectivity index (χ0) is 15.1. The molecule has 0 saturated carbocycles. The van der Waals surface area contributed by atoms with Crippen molar-refractivity contribution < 1.29 is 4.84 Å². The lowest BCUT2D eigenvalue weighted by Gasteiger charge is -2.17. The lowest BCUT2D eigenvalue weighted by Crippen LogP contribution is -2.25. The lowest BCUT2D eigenvalue weighted by atomic mass is 10.4. The third-order valence-electron chi connectivity index (χ3n) is 2.93. The van der Waals surface area contributed by atoms with Crippen molar-refractivity contribution in [1.82, 2.24) is 14.7 Å². The predicted molar refractivity (Wildman–Crippen MR) is 86.9 cm³/mol. The van der Waals surface area contributed by atoms with Gasteiger partial charge in [0.05, 0.1) is 16.1 Å². The standard InChI is InChI=1S/C12H16Cl3N3OSi/c1-7-9(13)8-10(14)16-12(15)17-11(8)18(7)19-5-6-20(2,3)4/h5-6H2,1-4H3. The van der Waals surface area contributed by atoms with Crippen LogP contribution in [0.25, 0.3) is 11.0 Å². The summed E-state index contributed by atoms with van der Waals surface area (Å²) in [4.78, 5) is 13.9. The van der Waals surface area contributed by atoms with E-state index in [0.717, 1.165) is 11.7 Å². The molecule has 2 heterocycles. The molecule has 0 amide bonds. The fourth-order valence-electron chi connectivity index (χ4n) is 1.76. The summed E-state index contributed by atoms with van der Waals surface area (Å²) in [7, 11) is -1.17. The summed E-state index contributed by atoms with van der Waals surface area (Å²) in [6.45, 7) is 9.33. The smallest absolute Gasteiger partial charge is 0.225 e. The third kappa shape index (κ3) is 3.22. The molecular weight excluding hydrogens is 337 g/mol. The van der Waals surface area contributed by atoms with Crippen LogP contribution in [0.3, 0.4) is 0 Å². The average molecular weight is 353 g/mol. The first-order valence-corrected chi connectivity index (χ1v) is 11.1. The third-order valence-corrected chi connectivity index (χ3v) is 5.53. The van der Waals surface area contributed by atoms with E-state index in [1.165, 1.54) is 0 Å². The Morgan fingerprint density at radius 1 is 1.15 bits per heavy atom. The van der Waals surface area contributed by atoms with Gasteiger partial charge in [0, 0.05) is 8.07 Å². The maximum atomic E-state index is 6.27. The molecule has 0 fully saturated rings. The van der Waals surface area contributed by atoms with Crippen LogP contribution in [0.5, 0.6) is 0 Å². The van der Waals surface area contributed by atoms with Gasteiger partial charge in [0.2, 0.25) is 5.28 Å². The fourth-order valence-corrected chi connectivity index (χ4v) is 3.23. The van der Waals surface area contributed by atoms with E-state index in [9.17, 15) is 0 Å². The molecule has 0 aliphatic carbocycles. The Kier molecular flexibility index (Phi) is 4.54. The van der Waals surface area contributed by atoms with Crippen LogP contribution in [0.15, 0.2) is 0 Å². The van der Waals surface area contributed by atoms with Gasteiger partial charge < -0.3 is 4.84 Å². The molecule has 0 aromatic carbocycles. The van der Waals surface area contributed by atoms with Gasteiger partial charge >= 0.3 is 0 Å². The Morgan fingerprint density at radius 3 is 2.40 bits per heavy atom. The van der Waals surface area contributed by atoms with Crippen LogP contribution in [-0.2, 0) is 0 Å². The zero-order valence-corrected chi connectivity index (χ0v) is 15.1. The topological polar surface area (TPSA) is 39.9 Å². The molecule has 2 aromatic rings. The second-order valence-corrected chi connectivity index (χ2v) is 12.5. The van der Waals surface area contributed by atoms with E-state index in [4.69, 9.17) is 39.6 Å². The fraction of sp³-hybridized carbons (Fsp3) is 0.500. The molecular formula is C12H16Cl3N3OSi. The van der Waals surface area contributed by atoms with Crippen LogP contribution in [0.4, 0.5) is 0 Å². The lowest BCUT2D eigenvalue weighted by molar-refractivity contribution is 0.126. The average Bonchev–Trinajstić information content (AvgIpc) is 2.52. The Hall–Kier alpha value is -0.493. The van der Waals surface area contributed by atoms with Crippen molar-refractivity contribution in [2.75, 3.05) is 6.61 Å². The van der Waals surface area contributed by atoms with Crippen molar-refractivity contribution >= 4 is 53.9 Å². The summed E-state index contributed by atoms with van der Waals surface area (Å²) < 4.78 is 1.59. The number of aromatic nitrogens is 3. The Labute approximate surface area is 134 Å². The first kappa shape index (κ1) is 15.9. The summed E-state index contributed by atoms with van der Waals surface area (Å²) in [5.74, 6) is 0. The van der Waals surface area contributed by atoms with Crippen molar-refractivity contribution in [3.63, 3.8) is 0 Å². The molecule has 0 radical (unpaired) electrons. The number of rotatable bonds is 4. The SMILES string of the molecule is Cc1c(Cl)c2c(Cl)nc(Cl)nc2n1OCC[Si](C)(C)C.